The summed E-state index contributed by atoms with van der Waals surface area (Å²) in [7, 11) is 0. The Morgan fingerprint density at radius 1 is 1.70 bits per heavy atom. The molecule has 1 rings (SSSR count). The van der Waals surface area contributed by atoms with E-state index in [9.17, 15) is 4.79 Å². The number of thiocarbonyl (C=S) groups is 1. The van der Waals surface area contributed by atoms with Crippen molar-refractivity contribution in [3.8, 4) is 0 Å². The molecule has 10 heavy (non-hydrogen) atoms. The Kier molecular flexibility index (Phi) is 1.72. The molecule has 1 heterocycles. The van der Waals surface area contributed by atoms with Crippen molar-refractivity contribution in [1.29, 1.82) is 0 Å². The van der Waals surface area contributed by atoms with E-state index in [1.54, 1.807) is 13.8 Å². The van der Waals surface area contributed by atoms with Gasteiger partial charge in [0, 0.05) is 5.11 Å². The minimum atomic E-state index is -0.266. The minimum Gasteiger partial charge on any atom is -0.392 e. The van der Waals surface area contributed by atoms with E-state index >= 15 is 0 Å². The average molecular weight is 154 g/mol. The highest BCUT2D eigenvalue weighted by molar-refractivity contribution is 7.80. The molecule has 0 aromatic rings. The Balaban J connectivity index is 2.91. The molecule has 0 bridgehead atoms. The van der Waals surface area contributed by atoms with Gasteiger partial charge in [-0.15, -0.1) is 0 Å². The molecule has 1 aliphatic rings. The molecule has 4 heteroatoms. The van der Waals surface area contributed by atoms with E-state index in [0.717, 1.165) is 0 Å². The quantitative estimate of drug-likeness (QED) is 0.389. The van der Waals surface area contributed by atoms with Crippen molar-refractivity contribution in [2.75, 3.05) is 0 Å². The first-order valence-corrected chi connectivity index (χ1v) is 3.21. The van der Waals surface area contributed by atoms with Crippen molar-refractivity contribution < 1.29 is 4.79 Å². The number of nitrogens with zero attached hydrogens (tertiary/aromatic N) is 2. The first-order valence-electron chi connectivity index (χ1n) is 2.80. The number of aliphatic imine (C=N–C) groups is 1. The van der Waals surface area contributed by atoms with Crippen LogP contribution in [0.3, 0.4) is 0 Å². The maximum Gasteiger partial charge on any atom is 0.339 e. The third-order valence-electron chi connectivity index (χ3n) is 1.32. The molecule has 0 spiro atoms. The zero-order valence-corrected chi connectivity index (χ0v) is 6.53. The topological polar surface area (TPSA) is 43.5 Å². The van der Waals surface area contributed by atoms with Crippen LogP contribution >= 0.6 is 12.2 Å². The Hall–Kier alpha value is -0.900. The van der Waals surface area contributed by atoms with E-state index in [2.05, 4.69) is 22.5 Å². The summed E-state index contributed by atoms with van der Waals surface area (Å²) in [4.78, 5) is 14.7. The van der Waals surface area contributed by atoms with Gasteiger partial charge in [0.25, 0.3) is 0 Å². The average Bonchev–Trinajstić information content (AvgIpc) is 1.82. The fourth-order valence-corrected chi connectivity index (χ4v) is 0.798. The lowest BCUT2D eigenvalue weighted by atomic mass is 10.1. The number of amides is 1. The van der Waals surface area contributed by atoms with Crippen molar-refractivity contribution in [2.45, 2.75) is 13.8 Å². The number of hydrogen-bond acceptors (Lipinski definition) is 2. The summed E-state index contributed by atoms with van der Waals surface area (Å²) in [5.41, 5.74) is 0.671. The van der Waals surface area contributed by atoms with Crippen LogP contribution in [0.25, 0.3) is 5.32 Å². The standard InChI is InChI=1S/C6H6N2OS/c1-3-4(2)7-6(10)8-5(3)9/h1-2H3. The summed E-state index contributed by atoms with van der Waals surface area (Å²) >= 11 is 4.62. The van der Waals surface area contributed by atoms with Gasteiger partial charge in [-0.3, -0.25) is 0 Å². The predicted octanol–water partition coefficient (Wildman–Crippen LogP) is 1.24. The highest BCUT2D eigenvalue weighted by atomic mass is 32.1. The molecule has 0 N–H and O–H groups in total. The summed E-state index contributed by atoms with van der Waals surface area (Å²) in [6.07, 6.45) is 0. The van der Waals surface area contributed by atoms with Gasteiger partial charge < -0.3 is 10.3 Å². The second-order valence-electron chi connectivity index (χ2n) is 2.02. The molecule has 0 unspecified atom stereocenters. The molecule has 0 saturated carbocycles. The van der Waals surface area contributed by atoms with E-state index in [1.807, 2.05) is 0 Å². The van der Waals surface area contributed by atoms with Gasteiger partial charge in [0.2, 0.25) is 0 Å². The molecule has 0 atom stereocenters. The molecule has 0 aromatic heterocycles. The molecule has 1 amide bonds. The molecule has 0 aromatic carbocycles. The Bertz CT molecular complexity index is 222. The lowest BCUT2D eigenvalue weighted by Crippen LogP contribution is -2.22. The summed E-state index contributed by atoms with van der Waals surface area (Å²) < 4.78 is 0. The molecular formula is C6H6N2OS. The first kappa shape index (κ1) is 7.21. The van der Waals surface area contributed by atoms with Crippen LogP contribution in [0.1, 0.15) is 13.8 Å². The van der Waals surface area contributed by atoms with Crippen molar-refractivity contribution >= 4 is 28.9 Å². The molecule has 0 fully saturated rings. The van der Waals surface area contributed by atoms with Crippen molar-refractivity contribution in [2.24, 2.45) is 4.99 Å². The highest BCUT2D eigenvalue weighted by Gasteiger charge is 2.26. The molecule has 0 radical (unpaired) electrons. The second-order valence-corrected chi connectivity index (χ2v) is 2.39. The largest absolute Gasteiger partial charge is 0.392 e. The summed E-state index contributed by atoms with van der Waals surface area (Å²) in [5, 5.41) is 3.61. The third kappa shape index (κ3) is 1.16. The van der Waals surface area contributed by atoms with Crippen LogP contribution in [0.5, 0.6) is 0 Å². The van der Waals surface area contributed by atoms with Gasteiger partial charge >= 0.3 is 5.91 Å². The molecule has 1 aliphatic heterocycles. The molecule has 52 valence electrons. The molecule has 0 saturated heterocycles. The van der Waals surface area contributed by atoms with Crippen LogP contribution in [0.2, 0.25) is 0 Å². The first-order chi connectivity index (χ1) is 4.61. The van der Waals surface area contributed by atoms with E-state index in [0.29, 0.717) is 11.6 Å². The molecule has 0 aliphatic carbocycles. The Morgan fingerprint density at radius 2 is 2.30 bits per heavy atom. The van der Waals surface area contributed by atoms with Crippen LogP contribution in [-0.2, 0) is 4.79 Å². The fraction of sp³-hybridized carbons (Fsp3) is 0.333. The lowest BCUT2D eigenvalue weighted by molar-refractivity contribution is -0.112. The van der Waals surface area contributed by atoms with E-state index in [-0.39, 0.29) is 11.0 Å². The number of carbonyl (C=O) groups excluding carboxylic acids is 1. The Morgan fingerprint density at radius 3 is 2.80 bits per heavy atom. The zero-order valence-electron chi connectivity index (χ0n) is 5.71. The lowest BCUT2D eigenvalue weighted by Gasteiger charge is -2.16. The number of carbonyl (C=O) groups is 1. The van der Waals surface area contributed by atoms with Crippen LogP contribution in [0, 0.1) is 5.92 Å². The van der Waals surface area contributed by atoms with Crippen LogP contribution in [0.15, 0.2) is 4.99 Å². The van der Waals surface area contributed by atoms with Crippen LogP contribution < -0.4 is 0 Å². The normalized spacial score (nSPS) is 18.6. The van der Waals surface area contributed by atoms with Crippen LogP contribution in [-0.4, -0.2) is 16.7 Å². The van der Waals surface area contributed by atoms with Crippen molar-refractivity contribution in [3.05, 3.63) is 11.2 Å². The summed E-state index contributed by atoms with van der Waals surface area (Å²) in [6, 6.07) is 0. The maximum atomic E-state index is 10.8. The van der Waals surface area contributed by atoms with E-state index in [1.165, 1.54) is 0 Å². The predicted molar refractivity (Wildman–Crippen MR) is 43.0 cm³/mol. The number of rotatable bonds is 0. The summed E-state index contributed by atoms with van der Waals surface area (Å²) in [6.45, 7) is 3.43. The molecular weight excluding hydrogens is 148 g/mol. The van der Waals surface area contributed by atoms with Gasteiger partial charge in [0.05, 0.1) is 6.92 Å². The SMILES string of the molecule is CC1=NC(=S)[N-]C(=O)[C+]1C. The molecule has 3 nitrogen and oxygen atoms in total. The van der Waals surface area contributed by atoms with Crippen LogP contribution in [0.4, 0.5) is 0 Å². The number of hydrogen-bond donors (Lipinski definition) is 0. The maximum absolute atomic E-state index is 10.8. The minimum absolute atomic E-state index is 0.133. The van der Waals surface area contributed by atoms with Gasteiger partial charge in [0.1, 0.15) is 5.71 Å². The zero-order chi connectivity index (χ0) is 7.72. The smallest absolute Gasteiger partial charge is 0.339 e. The summed E-state index contributed by atoms with van der Waals surface area (Å²) in [5.74, 6) is 0.311. The van der Waals surface area contributed by atoms with E-state index in [4.69, 9.17) is 0 Å². The van der Waals surface area contributed by atoms with Gasteiger partial charge in [-0.05, 0) is 6.92 Å². The second kappa shape index (κ2) is 2.38. The van der Waals surface area contributed by atoms with Crippen molar-refractivity contribution in [3.63, 3.8) is 0 Å². The van der Waals surface area contributed by atoms with Gasteiger partial charge in [-0.2, -0.15) is 0 Å². The van der Waals surface area contributed by atoms with Gasteiger partial charge in [0.15, 0.2) is 5.92 Å². The van der Waals surface area contributed by atoms with Gasteiger partial charge in [-0.25, -0.2) is 4.79 Å². The van der Waals surface area contributed by atoms with Gasteiger partial charge in [-0.1, -0.05) is 12.2 Å². The third-order valence-corrected chi connectivity index (χ3v) is 1.51. The van der Waals surface area contributed by atoms with E-state index < -0.39 is 0 Å². The fourth-order valence-electron chi connectivity index (χ4n) is 0.578. The Labute approximate surface area is 64.5 Å². The highest BCUT2D eigenvalue weighted by Crippen LogP contribution is 2.15. The monoisotopic (exact) mass is 154 g/mol. The van der Waals surface area contributed by atoms with Crippen molar-refractivity contribution in [1.82, 2.24) is 0 Å².